The van der Waals surface area contributed by atoms with Gasteiger partial charge in [-0.2, -0.15) is 0 Å². The molecule has 2 heterocycles. The van der Waals surface area contributed by atoms with Crippen LogP contribution in [0, 0.1) is 0 Å². The van der Waals surface area contributed by atoms with Crippen molar-refractivity contribution in [2.45, 2.75) is 18.7 Å². The molecule has 3 aromatic rings. The van der Waals surface area contributed by atoms with E-state index in [0.29, 0.717) is 71.2 Å². The second-order valence-corrected chi connectivity index (χ2v) is 11.2. The number of rotatable bonds is 6. The Morgan fingerprint density at radius 1 is 0.769 bits per heavy atom. The summed E-state index contributed by atoms with van der Waals surface area (Å²) in [5.74, 6) is -0.195. The number of nitrogens with zero attached hydrogens (tertiary/aromatic N) is 3. The van der Waals surface area contributed by atoms with E-state index in [-0.39, 0.29) is 24.4 Å². The zero-order chi connectivity index (χ0) is 27.5. The van der Waals surface area contributed by atoms with Crippen molar-refractivity contribution in [3.63, 3.8) is 0 Å². The van der Waals surface area contributed by atoms with Crippen LogP contribution in [-0.4, -0.2) is 83.0 Å². The van der Waals surface area contributed by atoms with E-state index in [9.17, 15) is 14.7 Å². The van der Waals surface area contributed by atoms with Gasteiger partial charge in [0.2, 0.25) is 0 Å². The maximum atomic E-state index is 13.6. The minimum absolute atomic E-state index is 0.0311. The second-order valence-electron chi connectivity index (χ2n) is 9.85. The van der Waals surface area contributed by atoms with Crippen LogP contribution in [0.3, 0.4) is 0 Å². The summed E-state index contributed by atoms with van der Waals surface area (Å²) < 4.78 is 0. The molecule has 2 atom stereocenters. The Labute approximate surface area is 242 Å². The third kappa shape index (κ3) is 6.51. The Morgan fingerprint density at radius 2 is 1.38 bits per heavy atom. The molecule has 0 bridgehead atoms. The number of likely N-dealkylation sites (tertiary alicyclic amines) is 1. The molecular weight excluding hydrogens is 559 g/mol. The van der Waals surface area contributed by atoms with Gasteiger partial charge in [-0.05, 0) is 60.2 Å². The number of amides is 2. The summed E-state index contributed by atoms with van der Waals surface area (Å²) in [5.41, 5.74) is 2.76. The van der Waals surface area contributed by atoms with E-state index < -0.39 is 6.10 Å². The molecule has 2 aliphatic heterocycles. The van der Waals surface area contributed by atoms with E-state index in [1.54, 1.807) is 47.4 Å². The summed E-state index contributed by atoms with van der Waals surface area (Å²) in [6.45, 7) is 3.50. The van der Waals surface area contributed by atoms with E-state index in [0.717, 1.165) is 5.56 Å². The molecule has 0 aliphatic carbocycles. The zero-order valence-electron chi connectivity index (χ0n) is 21.2. The second kappa shape index (κ2) is 12.1. The molecule has 39 heavy (non-hydrogen) atoms. The van der Waals surface area contributed by atoms with E-state index >= 15 is 0 Å². The monoisotopic (exact) mass is 586 g/mol. The van der Waals surface area contributed by atoms with Gasteiger partial charge in [-0.25, -0.2) is 0 Å². The number of piperazine rings is 1. The summed E-state index contributed by atoms with van der Waals surface area (Å²) in [7, 11) is 0. The van der Waals surface area contributed by atoms with Crippen LogP contribution in [0.1, 0.15) is 26.3 Å². The van der Waals surface area contributed by atoms with Crippen LogP contribution in [0.4, 0.5) is 5.69 Å². The lowest BCUT2D eigenvalue weighted by Crippen LogP contribution is -2.54. The molecular formula is C29H29Cl3N4O3. The number of nitrogens with one attached hydrogen (secondary N) is 1. The first-order valence-electron chi connectivity index (χ1n) is 12.8. The van der Waals surface area contributed by atoms with Gasteiger partial charge in [0, 0.05) is 72.1 Å². The van der Waals surface area contributed by atoms with Crippen molar-refractivity contribution in [2.24, 2.45) is 0 Å². The highest BCUT2D eigenvalue weighted by Crippen LogP contribution is 2.27. The molecule has 2 amide bonds. The number of hydrogen-bond acceptors (Lipinski definition) is 5. The van der Waals surface area contributed by atoms with E-state index in [1.807, 2.05) is 29.2 Å². The van der Waals surface area contributed by atoms with E-state index in [4.69, 9.17) is 34.8 Å². The molecule has 0 aromatic heterocycles. The Morgan fingerprint density at radius 3 is 2.05 bits per heavy atom. The number of benzene rings is 3. The number of aliphatic hydroxyl groups is 1. The van der Waals surface area contributed by atoms with Gasteiger partial charge in [0.05, 0.1) is 17.7 Å². The van der Waals surface area contributed by atoms with Crippen LogP contribution in [0.25, 0.3) is 0 Å². The summed E-state index contributed by atoms with van der Waals surface area (Å²) >= 11 is 18.2. The summed E-state index contributed by atoms with van der Waals surface area (Å²) in [5, 5.41) is 16.0. The van der Waals surface area contributed by atoms with Crippen molar-refractivity contribution >= 4 is 52.3 Å². The first-order chi connectivity index (χ1) is 18.8. The van der Waals surface area contributed by atoms with Crippen molar-refractivity contribution in [3.05, 3.63) is 98.5 Å². The lowest BCUT2D eigenvalue weighted by Gasteiger charge is -2.38. The molecule has 7 nitrogen and oxygen atoms in total. The molecule has 0 saturated carbocycles. The fourth-order valence-corrected chi connectivity index (χ4v) is 5.57. The number of halogens is 3. The fraction of sp³-hybridized carbons (Fsp3) is 0.310. The molecule has 3 aromatic carbocycles. The Balaban J connectivity index is 1.21. The van der Waals surface area contributed by atoms with Crippen LogP contribution in [0.15, 0.2) is 66.7 Å². The number of hydrogen-bond donors (Lipinski definition) is 2. The molecule has 0 radical (unpaired) electrons. The van der Waals surface area contributed by atoms with Gasteiger partial charge in [0.1, 0.15) is 0 Å². The van der Waals surface area contributed by atoms with Gasteiger partial charge in [-0.15, -0.1) is 0 Å². The molecule has 2 aliphatic rings. The van der Waals surface area contributed by atoms with Crippen LogP contribution < -0.4 is 5.32 Å². The van der Waals surface area contributed by atoms with Crippen LogP contribution in [-0.2, 0) is 6.54 Å². The highest BCUT2D eigenvalue weighted by Gasteiger charge is 2.39. The Kier molecular flexibility index (Phi) is 8.64. The fourth-order valence-electron chi connectivity index (χ4n) is 5.14. The third-order valence-electron chi connectivity index (χ3n) is 7.32. The topological polar surface area (TPSA) is 76.1 Å². The van der Waals surface area contributed by atoms with Crippen molar-refractivity contribution in [2.75, 3.05) is 44.6 Å². The minimum atomic E-state index is -0.676. The van der Waals surface area contributed by atoms with Crippen LogP contribution in [0.5, 0.6) is 0 Å². The molecule has 2 fully saturated rings. The number of anilines is 1. The molecule has 204 valence electrons. The molecule has 2 saturated heterocycles. The SMILES string of the molecule is O=C(c1ccc(Cl)cc1)N1CCN(C2CN(C(=O)c3ccc(Cl)cc3NCc3ccc(Cl)cc3)CC2O)CC1. The van der Waals surface area contributed by atoms with Gasteiger partial charge in [-0.1, -0.05) is 46.9 Å². The van der Waals surface area contributed by atoms with Crippen molar-refractivity contribution in [3.8, 4) is 0 Å². The average molecular weight is 588 g/mol. The van der Waals surface area contributed by atoms with Crippen LogP contribution >= 0.6 is 34.8 Å². The van der Waals surface area contributed by atoms with Gasteiger partial charge in [-0.3, -0.25) is 14.5 Å². The van der Waals surface area contributed by atoms with Crippen LogP contribution in [0.2, 0.25) is 15.1 Å². The number of carbonyl (C=O) groups is 2. The van der Waals surface area contributed by atoms with Crippen molar-refractivity contribution in [1.82, 2.24) is 14.7 Å². The maximum Gasteiger partial charge on any atom is 0.256 e. The van der Waals surface area contributed by atoms with E-state index in [1.165, 1.54) is 0 Å². The highest BCUT2D eigenvalue weighted by molar-refractivity contribution is 6.31. The molecule has 5 rings (SSSR count). The van der Waals surface area contributed by atoms with Gasteiger partial charge >= 0.3 is 0 Å². The Bertz CT molecular complexity index is 1330. The van der Waals surface area contributed by atoms with Gasteiger partial charge in [0.15, 0.2) is 0 Å². The smallest absolute Gasteiger partial charge is 0.256 e. The lowest BCUT2D eigenvalue weighted by molar-refractivity contribution is 0.0376. The Hall–Kier alpha value is -2.81. The van der Waals surface area contributed by atoms with Crippen molar-refractivity contribution in [1.29, 1.82) is 0 Å². The maximum absolute atomic E-state index is 13.6. The quantitative estimate of drug-likeness (QED) is 0.429. The van der Waals surface area contributed by atoms with Gasteiger partial charge in [0.25, 0.3) is 11.8 Å². The average Bonchev–Trinajstić information content (AvgIpc) is 3.34. The summed E-state index contributed by atoms with van der Waals surface area (Å²) in [6, 6.07) is 19.3. The summed E-state index contributed by atoms with van der Waals surface area (Å²) in [6.07, 6.45) is -0.676. The molecule has 2 unspecified atom stereocenters. The highest BCUT2D eigenvalue weighted by atomic mass is 35.5. The lowest BCUT2D eigenvalue weighted by atomic mass is 10.1. The zero-order valence-corrected chi connectivity index (χ0v) is 23.5. The van der Waals surface area contributed by atoms with Gasteiger partial charge < -0.3 is 20.2 Å². The number of aliphatic hydroxyl groups excluding tert-OH is 1. The predicted octanol–water partition coefficient (Wildman–Crippen LogP) is 4.90. The van der Waals surface area contributed by atoms with Crippen molar-refractivity contribution < 1.29 is 14.7 Å². The third-order valence-corrected chi connectivity index (χ3v) is 8.06. The first-order valence-corrected chi connectivity index (χ1v) is 14.0. The molecule has 10 heteroatoms. The number of carbonyl (C=O) groups excluding carboxylic acids is 2. The standard InChI is InChI=1S/C29H29Cl3N4O3/c30-21-5-1-19(2-6-21)16-33-25-15-23(32)9-10-24(25)29(39)36-17-26(27(37)18-36)34-11-13-35(14-12-34)28(38)20-3-7-22(31)8-4-20/h1-10,15,26-27,33,37H,11-14,16-18H2. The minimum Gasteiger partial charge on any atom is -0.390 e. The normalized spacial score (nSPS) is 19.8. The molecule has 2 N–H and O–H groups in total. The van der Waals surface area contributed by atoms with E-state index in [2.05, 4.69) is 10.2 Å². The first kappa shape index (κ1) is 27.7. The largest absolute Gasteiger partial charge is 0.390 e. The summed E-state index contributed by atoms with van der Waals surface area (Å²) in [4.78, 5) is 32.1. The number of β-amino-alcohol motifs (C(OH)–C–C–N with tert-alkyl or cyclic N) is 1. The molecule has 0 spiro atoms. The predicted molar refractivity (Wildman–Crippen MR) is 155 cm³/mol.